The number of aromatic amines is 1. The minimum absolute atomic E-state index is 0. The summed E-state index contributed by atoms with van der Waals surface area (Å²) in [5.74, 6) is -0.297. The Bertz CT molecular complexity index is 1640. The maximum absolute atomic E-state index is 12.5. The van der Waals surface area contributed by atoms with Crippen molar-refractivity contribution in [3.8, 4) is 11.5 Å². The number of ether oxygens (including phenoxy) is 2. The normalized spacial score (nSPS) is 14.2. The van der Waals surface area contributed by atoms with Crippen molar-refractivity contribution in [3.63, 3.8) is 0 Å². The van der Waals surface area contributed by atoms with Crippen molar-refractivity contribution in [1.82, 2.24) is 20.3 Å². The summed E-state index contributed by atoms with van der Waals surface area (Å²) in [6.45, 7) is 4.97. The quantitative estimate of drug-likeness (QED) is 0.237. The third kappa shape index (κ3) is 6.39. The van der Waals surface area contributed by atoms with E-state index in [2.05, 4.69) is 45.5 Å². The first-order valence-corrected chi connectivity index (χ1v) is 12.5. The van der Waals surface area contributed by atoms with Crippen LogP contribution in [0.15, 0.2) is 48.9 Å². The van der Waals surface area contributed by atoms with Gasteiger partial charge in [-0.05, 0) is 48.7 Å². The van der Waals surface area contributed by atoms with Crippen LogP contribution in [0.1, 0.15) is 51.4 Å². The standard InChI is InChI=1S/C17H13N5O5.C11H15NO.ClH/c23-12-6-27-11-2-1-8(3-10(11)22-12)4-19-16(24)15-14-13(20-7-21-15)9(5-18-14)17(25)26;1-11(2)6-9-5-8(7-12)3-4-10(9)13-11;/h1-3,5,7,18H,4,6H2,(H,19,24)(H,22,23)(H,25,26);3-5H,6-7,12H2,1-2H3;1H. The minimum atomic E-state index is -1.15. The van der Waals surface area contributed by atoms with E-state index in [9.17, 15) is 14.4 Å². The molecule has 0 saturated heterocycles. The zero-order valence-electron chi connectivity index (χ0n) is 22.3. The van der Waals surface area contributed by atoms with Crippen LogP contribution >= 0.6 is 12.4 Å². The maximum atomic E-state index is 12.5. The molecule has 2 aliphatic rings. The number of carbonyl (C=O) groups is 3. The third-order valence-electron chi connectivity index (χ3n) is 6.40. The summed E-state index contributed by atoms with van der Waals surface area (Å²) in [5, 5.41) is 14.6. The number of carbonyl (C=O) groups excluding carboxylic acids is 2. The minimum Gasteiger partial charge on any atom is -0.487 e. The van der Waals surface area contributed by atoms with Crippen LogP contribution in [0, 0.1) is 0 Å². The molecule has 0 saturated carbocycles. The number of nitrogens with two attached hydrogens (primary N) is 1. The maximum Gasteiger partial charge on any atom is 0.339 e. The molecule has 0 bridgehead atoms. The average Bonchev–Trinajstić information content (AvgIpc) is 3.50. The summed E-state index contributed by atoms with van der Waals surface area (Å²) in [6.07, 6.45) is 3.39. The molecule has 12 nitrogen and oxygen atoms in total. The first kappa shape index (κ1) is 29.3. The summed E-state index contributed by atoms with van der Waals surface area (Å²) >= 11 is 0. The Kier molecular flexibility index (Phi) is 8.45. The van der Waals surface area contributed by atoms with Crippen molar-refractivity contribution >= 4 is 46.9 Å². The lowest BCUT2D eigenvalue weighted by Crippen LogP contribution is -2.26. The number of carboxylic acids is 1. The second kappa shape index (κ2) is 11.8. The third-order valence-corrected chi connectivity index (χ3v) is 6.40. The van der Waals surface area contributed by atoms with E-state index >= 15 is 0 Å². The number of carboxylic acid groups (broad SMARTS) is 1. The topological polar surface area (TPSA) is 182 Å². The van der Waals surface area contributed by atoms with E-state index < -0.39 is 11.9 Å². The summed E-state index contributed by atoms with van der Waals surface area (Å²) < 4.78 is 11.0. The number of aromatic carboxylic acids is 1. The Morgan fingerprint density at radius 1 is 1.12 bits per heavy atom. The second-order valence-corrected chi connectivity index (χ2v) is 9.99. The highest BCUT2D eigenvalue weighted by Gasteiger charge is 2.29. The number of amides is 2. The fourth-order valence-corrected chi connectivity index (χ4v) is 4.57. The van der Waals surface area contributed by atoms with Crippen molar-refractivity contribution in [2.45, 2.75) is 39.0 Å². The van der Waals surface area contributed by atoms with Gasteiger partial charge in [0.1, 0.15) is 34.5 Å². The number of anilines is 1. The molecule has 0 spiro atoms. The van der Waals surface area contributed by atoms with Gasteiger partial charge < -0.3 is 35.9 Å². The molecule has 6 rings (SSSR count). The van der Waals surface area contributed by atoms with Crippen LogP contribution in [-0.4, -0.2) is 50.1 Å². The van der Waals surface area contributed by atoms with Crippen molar-refractivity contribution in [2.75, 3.05) is 11.9 Å². The number of halogens is 1. The lowest BCUT2D eigenvalue weighted by Gasteiger charge is -2.18. The molecule has 0 atom stereocenters. The molecule has 2 aliphatic heterocycles. The van der Waals surface area contributed by atoms with Crippen LogP contribution in [0.4, 0.5) is 5.69 Å². The Labute approximate surface area is 241 Å². The smallest absolute Gasteiger partial charge is 0.339 e. The molecule has 0 unspecified atom stereocenters. The molecule has 6 N–H and O–H groups in total. The van der Waals surface area contributed by atoms with Crippen molar-refractivity contribution in [2.24, 2.45) is 5.73 Å². The molecule has 2 aromatic heterocycles. The molecule has 214 valence electrons. The van der Waals surface area contributed by atoms with Crippen molar-refractivity contribution in [3.05, 3.63) is 76.9 Å². The molecule has 0 aliphatic carbocycles. The van der Waals surface area contributed by atoms with Crippen LogP contribution < -0.4 is 25.8 Å². The fourth-order valence-electron chi connectivity index (χ4n) is 4.57. The molecule has 0 radical (unpaired) electrons. The fraction of sp³-hybridized carbons (Fsp3) is 0.250. The number of benzene rings is 2. The Hall–Kier alpha value is -4.68. The van der Waals surface area contributed by atoms with E-state index in [1.165, 1.54) is 17.3 Å². The van der Waals surface area contributed by atoms with Gasteiger partial charge >= 0.3 is 5.97 Å². The predicted molar refractivity (Wildman–Crippen MR) is 153 cm³/mol. The molecule has 41 heavy (non-hydrogen) atoms. The van der Waals surface area contributed by atoms with E-state index in [0.717, 1.165) is 24.1 Å². The molecular weight excluding hydrogens is 552 g/mol. The number of nitrogens with one attached hydrogen (secondary N) is 3. The van der Waals surface area contributed by atoms with E-state index in [1.54, 1.807) is 18.2 Å². The second-order valence-electron chi connectivity index (χ2n) is 9.99. The molecule has 0 fully saturated rings. The molecule has 4 heterocycles. The number of H-pyrrole nitrogens is 1. The van der Waals surface area contributed by atoms with Gasteiger partial charge in [0.15, 0.2) is 12.3 Å². The van der Waals surface area contributed by atoms with Crippen LogP contribution in [0.25, 0.3) is 11.0 Å². The van der Waals surface area contributed by atoms with E-state index in [1.807, 2.05) is 12.1 Å². The lowest BCUT2D eigenvalue weighted by molar-refractivity contribution is -0.118. The monoisotopic (exact) mass is 580 g/mol. The number of nitrogens with zero attached hydrogens (tertiary/aromatic N) is 2. The van der Waals surface area contributed by atoms with Crippen LogP contribution in [-0.2, 0) is 24.3 Å². The van der Waals surface area contributed by atoms with Crippen LogP contribution in [0.3, 0.4) is 0 Å². The Balaban J connectivity index is 0.000000233. The molecule has 13 heteroatoms. The Morgan fingerprint density at radius 2 is 1.88 bits per heavy atom. The summed E-state index contributed by atoms with van der Waals surface area (Å²) in [6, 6.07) is 11.4. The van der Waals surface area contributed by atoms with E-state index in [-0.39, 0.29) is 59.4 Å². The van der Waals surface area contributed by atoms with Crippen molar-refractivity contribution in [1.29, 1.82) is 0 Å². The number of fused-ring (bicyclic) bond motifs is 3. The van der Waals surface area contributed by atoms with Gasteiger partial charge in [-0.15, -0.1) is 12.4 Å². The highest BCUT2D eigenvalue weighted by molar-refractivity contribution is 6.08. The molecule has 2 amide bonds. The number of aromatic nitrogens is 3. The zero-order valence-corrected chi connectivity index (χ0v) is 23.1. The van der Waals surface area contributed by atoms with Gasteiger partial charge in [0.05, 0.1) is 11.2 Å². The SMILES string of the molecule is CC1(C)Cc2cc(CN)ccc2O1.Cl.O=C1COc2ccc(CNC(=O)c3ncnc4c(C(=O)O)c[nH]c34)cc2N1. The summed E-state index contributed by atoms with van der Waals surface area (Å²) in [5.41, 5.74) is 9.70. The average molecular weight is 581 g/mol. The van der Waals surface area contributed by atoms with Gasteiger partial charge in [0.2, 0.25) is 0 Å². The first-order chi connectivity index (χ1) is 19.1. The molecular formula is C28H29ClN6O6. The van der Waals surface area contributed by atoms with Gasteiger partial charge in [0, 0.05) is 25.7 Å². The van der Waals surface area contributed by atoms with Crippen LogP contribution in [0.5, 0.6) is 11.5 Å². The summed E-state index contributed by atoms with van der Waals surface area (Å²) in [7, 11) is 0. The Morgan fingerprint density at radius 3 is 2.63 bits per heavy atom. The van der Waals surface area contributed by atoms with Gasteiger partial charge in [-0.3, -0.25) is 9.59 Å². The first-order valence-electron chi connectivity index (χ1n) is 12.5. The number of hydrogen-bond donors (Lipinski definition) is 5. The molecule has 2 aromatic carbocycles. The van der Waals surface area contributed by atoms with Crippen LogP contribution in [0.2, 0.25) is 0 Å². The molecule has 4 aromatic rings. The number of hydrogen-bond acceptors (Lipinski definition) is 8. The largest absolute Gasteiger partial charge is 0.487 e. The van der Waals surface area contributed by atoms with Crippen molar-refractivity contribution < 1.29 is 29.0 Å². The number of rotatable bonds is 5. The van der Waals surface area contributed by atoms with Gasteiger partial charge in [-0.1, -0.05) is 18.2 Å². The lowest BCUT2D eigenvalue weighted by atomic mass is 10.0. The van der Waals surface area contributed by atoms with E-state index in [0.29, 0.717) is 18.0 Å². The summed E-state index contributed by atoms with van der Waals surface area (Å²) in [4.78, 5) is 45.7. The van der Waals surface area contributed by atoms with Gasteiger partial charge in [-0.25, -0.2) is 14.8 Å². The van der Waals surface area contributed by atoms with E-state index in [4.69, 9.17) is 20.3 Å². The highest BCUT2D eigenvalue weighted by Crippen LogP contribution is 2.35. The van der Waals surface area contributed by atoms with Gasteiger partial charge in [-0.2, -0.15) is 0 Å². The highest BCUT2D eigenvalue weighted by atomic mass is 35.5. The van der Waals surface area contributed by atoms with Gasteiger partial charge in [0.25, 0.3) is 11.8 Å². The predicted octanol–water partition coefficient (Wildman–Crippen LogP) is 3.20. The zero-order chi connectivity index (χ0) is 28.4.